The number of aromatic nitrogens is 2. The molecule has 1 aromatic heterocycles. The zero-order valence-corrected chi connectivity index (χ0v) is 10.1. The highest BCUT2D eigenvalue weighted by molar-refractivity contribution is 5.98. The van der Waals surface area contributed by atoms with Gasteiger partial charge in [0, 0.05) is 18.2 Å². The van der Waals surface area contributed by atoms with Gasteiger partial charge in [0.1, 0.15) is 17.2 Å². The molecule has 0 bridgehead atoms. The lowest BCUT2D eigenvalue weighted by molar-refractivity contribution is -0.385. The molecule has 0 unspecified atom stereocenters. The first kappa shape index (κ1) is 13.5. The third-order valence-electron chi connectivity index (χ3n) is 2.59. The predicted molar refractivity (Wildman–Crippen MR) is 67.2 cm³/mol. The monoisotopic (exact) mass is 279 g/mol. The number of carbonyl (C=O) groups excluding carboxylic acids is 1. The Balaban J connectivity index is 2.19. The first-order valence-electron chi connectivity index (χ1n) is 5.49. The number of nitrogens with two attached hydrogens (primary N) is 1. The van der Waals surface area contributed by atoms with Gasteiger partial charge in [0.2, 0.25) is 0 Å². The summed E-state index contributed by atoms with van der Waals surface area (Å²) < 4.78 is 13.1. The third-order valence-corrected chi connectivity index (χ3v) is 2.59. The largest absolute Gasteiger partial charge is 0.384 e. The number of halogens is 1. The van der Waals surface area contributed by atoms with E-state index in [0.29, 0.717) is 5.56 Å². The van der Waals surface area contributed by atoms with Crippen molar-refractivity contribution in [3.63, 3.8) is 0 Å². The van der Waals surface area contributed by atoms with Crippen molar-refractivity contribution in [2.75, 3.05) is 5.73 Å². The molecule has 1 amide bonds. The van der Waals surface area contributed by atoms with E-state index in [0.717, 1.165) is 18.2 Å². The van der Waals surface area contributed by atoms with Crippen LogP contribution in [-0.4, -0.2) is 21.0 Å². The summed E-state index contributed by atoms with van der Waals surface area (Å²) in [7, 11) is 0. The molecule has 0 aliphatic carbocycles. The van der Waals surface area contributed by atoms with E-state index in [9.17, 15) is 19.3 Å². The summed E-state index contributed by atoms with van der Waals surface area (Å²) in [5.74, 6) is -1.22. The smallest absolute Gasteiger partial charge is 0.282 e. The van der Waals surface area contributed by atoms with Crippen LogP contribution in [0, 0.1) is 15.9 Å². The number of nitrogens with zero attached hydrogens (tertiary/aromatic N) is 2. The van der Waals surface area contributed by atoms with Crippen LogP contribution in [0.3, 0.4) is 0 Å². The first-order chi connectivity index (χ1) is 9.49. The molecule has 4 N–H and O–H groups in total. The number of nitro groups is 1. The zero-order valence-electron chi connectivity index (χ0n) is 10.1. The number of H-pyrrole nitrogens is 1. The topological polar surface area (TPSA) is 127 Å². The molecule has 1 aromatic carbocycles. The van der Waals surface area contributed by atoms with E-state index in [4.69, 9.17) is 5.73 Å². The average molecular weight is 279 g/mol. The number of rotatable bonds is 4. The molecule has 2 aromatic rings. The number of nitrogen functional groups attached to an aromatic ring is 1. The summed E-state index contributed by atoms with van der Waals surface area (Å²) in [4.78, 5) is 21.9. The van der Waals surface area contributed by atoms with E-state index in [1.165, 1.54) is 6.20 Å². The molecule has 0 spiro atoms. The second-order valence-electron chi connectivity index (χ2n) is 3.91. The maximum atomic E-state index is 13.1. The standard InChI is InChI=1S/C11H10FN5O3/c12-7-1-2-9(17(19)20)8(3-7)11(18)14-4-6-5-15-16-10(6)13/h1-3,5H,4H2,(H,14,18)(H3,13,15,16). The van der Waals surface area contributed by atoms with Crippen molar-refractivity contribution < 1.29 is 14.1 Å². The fourth-order valence-corrected chi connectivity index (χ4v) is 1.58. The van der Waals surface area contributed by atoms with Crippen LogP contribution >= 0.6 is 0 Å². The van der Waals surface area contributed by atoms with E-state index >= 15 is 0 Å². The van der Waals surface area contributed by atoms with Gasteiger partial charge >= 0.3 is 0 Å². The molecular weight excluding hydrogens is 269 g/mol. The van der Waals surface area contributed by atoms with Gasteiger partial charge < -0.3 is 11.1 Å². The van der Waals surface area contributed by atoms with Crippen LogP contribution in [0.15, 0.2) is 24.4 Å². The van der Waals surface area contributed by atoms with Gasteiger partial charge in [-0.15, -0.1) is 0 Å². The fourth-order valence-electron chi connectivity index (χ4n) is 1.58. The Bertz CT molecular complexity index is 670. The number of aromatic amines is 1. The molecule has 104 valence electrons. The number of hydrogen-bond acceptors (Lipinski definition) is 5. The van der Waals surface area contributed by atoms with Crippen LogP contribution in [0.5, 0.6) is 0 Å². The summed E-state index contributed by atoms with van der Waals surface area (Å²) in [5, 5.41) is 19.3. The number of nitro benzene ring substituents is 1. The molecule has 0 aliphatic heterocycles. The first-order valence-corrected chi connectivity index (χ1v) is 5.49. The summed E-state index contributed by atoms with van der Waals surface area (Å²) in [6.07, 6.45) is 1.41. The molecule has 0 saturated carbocycles. The van der Waals surface area contributed by atoms with Gasteiger partial charge in [0.25, 0.3) is 11.6 Å². The summed E-state index contributed by atoms with van der Waals surface area (Å²) in [5.41, 5.74) is 5.24. The highest BCUT2D eigenvalue weighted by atomic mass is 19.1. The quantitative estimate of drug-likeness (QED) is 0.567. The number of nitrogens with one attached hydrogen (secondary N) is 2. The van der Waals surface area contributed by atoms with Crippen molar-refractivity contribution in [3.8, 4) is 0 Å². The molecule has 0 atom stereocenters. The molecule has 1 heterocycles. The summed E-state index contributed by atoms with van der Waals surface area (Å²) in [6, 6.07) is 2.67. The second-order valence-corrected chi connectivity index (χ2v) is 3.91. The summed E-state index contributed by atoms with van der Waals surface area (Å²) >= 11 is 0. The van der Waals surface area contributed by atoms with Crippen LogP contribution < -0.4 is 11.1 Å². The average Bonchev–Trinajstić information content (AvgIpc) is 2.81. The molecule has 0 fully saturated rings. The van der Waals surface area contributed by atoms with Gasteiger partial charge in [-0.1, -0.05) is 0 Å². The van der Waals surface area contributed by atoms with Crippen molar-refractivity contribution >= 4 is 17.4 Å². The fraction of sp³-hybridized carbons (Fsp3) is 0.0909. The lowest BCUT2D eigenvalue weighted by Gasteiger charge is -2.05. The van der Waals surface area contributed by atoms with Crippen LogP contribution in [-0.2, 0) is 6.54 Å². The molecule has 9 heteroatoms. The highest BCUT2D eigenvalue weighted by Gasteiger charge is 2.20. The van der Waals surface area contributed by atoms with E-state index in [2.05, 4.69) is 15.5 Å². The van der Waals surface area contributed by atoms with Crippen LogP contribution in [0.2, 0.25) is 0 Å². The minimum atomic E-state index is -0.767. The van der Waals surface area contributed by atoms with Crippen LogP contribution in [0.1, 0.15) is 15.9 Å². The van der Waals surface area contributed by atoms with E-state index < -0.39 is 22.3 Å². The number of benzene rings is 1. The zero-order chi connectivity index (χ0) is 14.7. The Hall–Kier alpha value is -2.97. The van der Waals surface area contributed by atoms with Crippen molar-refractivity contribution in [2.45, 2.75) is 6.54 Å². The van der Waals surface area contributed by atoms with Gasteiger partial charge in [-0.2, -0.15) is 5.10 Å². The summed E-state index contributed by atoms with van der Waals surface area (Å²) in [6.45, 7) is 0.0227. The van der Waals surface area contributed by atoms with Crippen molar-refractivity contribution in [1.82, 2.24) is 15.5 Å². The molecular formula is C11H10FN5O3. The maximum absolute atomic E-state index is 13.1. The Morgan fingerprint density at radius 2 is 2.30 bits per heavy atom. The minimum Gasteiger partial charge on any atom is -0.384 e. The molecule has 0 radical (unpaired) electrons. The Labute approximate surface area is 111 Å². The Morgan fingerprint density at radius 1 is 1.55 bits per heavy atom. The predicted octanol–water partition coefficient (Wildman–Crippen LogP) is 0.969. The number of hydrogen-bond donors (Lipinski definition) is 3. The maximum Gasteiger partial charge on any atom is 0.282 e. The van der Waals surface area contributed by atoms with Crippen molar-refractivity contribution in [3.05, 3.63) is 51.5 Å². The van der Waals surface area contributed by atoms with E-state index in [-0.39, 0.29) is 17.9 Å². The lowest BCUT2D eigenvalue weighted by Crippen LogP contribution is -2.24. The molecule has 8 nitrogen and oxygen atoms in total. The van der Waals surface area contributed by atoms with Gasteiger partial charge in [-0.3, -0.25) is 20.0 Å². The van der Waals surface area contributed by atoms with Gasteiger partial charge in [-0.25, -0.2) is 4.39 Å². The lowest BCUT2D eigenvalue weighted by atomic mass is 10.1. The second kappa shape index (κ2) is 5.34. The normalized spacial score (nSPS) is 10.2. The Kier molecular flexibility index (Phi) is 3.60. The molecule has 2 rings (SSSR count). The molecule has 20 heavy (non-hydrogen) atoms. The SMILES string of the molecule is Nc1[nH]ncc1CNC(=O)c1cc(F)ccc1[N+](=O)[O-]. The number of anilines is 1. The van der Waals surface area contributed by atoms with E-state index in [1.807, 2.05) is 0 Å². The Morgan fingerprint density at radius 3 is 2.90 bits per heavy atom. The highest BCUT2D eigenvalue weighted by Crippen LogP contribution is 2.19. The van der Waals surface area contributed by atoms with Crippen LogP contribution in [0.4, 0.5) is 15.9 Å². The van der Waals surface area contributed by atoms with Crippen molar-refractivity contribution in [2.24, 2.45) is 0 Å². The number of amides is 1. The minimum absolute atomic E-state index is 0.0227. The third kappa shape index (κ3) is 2.71. The van der Waals surface area contributed by atoms with Crippen molar-refractivity contribution in [1.29, 1.82) is 0 Å². The van der Waals surface area contributed by atoms with Crippen LogP contribution in [0.25, 0.3) is 0 Å². The molecule has 0 aliphatic rings. The van der Waals surface area contributed by atoms with Gasteiger partial charge in [-0.05, 0) is 12.1 Å². The number of carbonyl (C=O) groups is 1. The molecule has 0 saturated heterocycles. The van der Waals surface area contributed by atoms with Gasteiger partial charge in [0.15, 0.2) is 0 Å². The van der Waals surface area contributed by atoms with E-state index in [1.54, 1.807) is 0 Å². The van der Waals surface area contributed by atoms with Gasteiger partial charge in [0.05, 0.1) is 11.1 Å².